The van der Waals surface area contributed by atoms with E-state index in [-0.39, 0.29) is 5.97 Å². The number of esters is 1. The Hall–Kier alpha value is -0.280. The molecular weight excluding hydrogens is 226 g/mol. The smallest absolute Gasteiger partial charge is 0.326 e. The summed E-state index contributed by atoms with van der Waals surface area (Å²) in [7, 11) is 0. The van der Waals surface area contributed by atoms with Crippen molar-refractivity contribution in [1.29, 1.82) is 0 Å². The van der Waals surface area contributed by atoms with E-state index in [1.165, 1.54) is 32.1 Å². The summed E-state index contributed by atoms with van der Waals surface area (Å²) in [6, 6.07) is 0. The van der Waals surface area contributed by atoms with Gasteiger partial charge >= 0.3 is 5.97 Å². The lowest BCUT2D eigenvalue weighted by Crippen LogP contribution is -2.44. The first-order chi connectivity index (χ1) is 7.47. The van der Waals surface area contributed by atoms with E-state index in [4.69, 9.17) is 16.5 Å². The van der Waals surface area contributed by atoms with E-state index in [0.717, 1.165) is 5.92 Å². The highest BCUT2D eigenvalue weighted by Crippen LogP contribution is 2.54. The second kappa shape index (κ2) is 4.19. The van der Waals surface area contributed by atoms with Crippen molar-refractivity contribution in [3.05, 3.63) is 0 Å². The molecule has 0 saturated heterocycles. The molecule has 0 aromatic rings. The third-order valence-corrected chi connectivity index (χ3v) is 4.62. The first-order valence-corrected chi connectivity index (χ1v) is 6.40. The normalized spacial score (nSPS) is 33.1. The monoisotopic (exact) mass is 245 g/mol. The molecule has 0 heterocycles. The number of halogens is 1. The van der Waals surface area contributed by atoms with Gasteiger partial charge in [0.05, 0.1) is 6.61 Å². The average Bonchev–Trinajstić information content (AvgIpc) is 2.86. The van der Waals surface area contributed by atoms with Crippen molar-refractivity contribution >= 4 is 17.7 Å². The molecule has 3 nitrogen and oxygen atoms in total. The van der Waals surface area contributed by atoms with Crippen LogP contribution in [0.25, 0.3) is 0 Å². The second-order valence-electron chi connectivity index (χ2n) is 5.94. The summed E-state index contributed by atoms with van der Waals surface area (Å²) in [4.78, 5) is 14.2. The van der Waals surface area contributed by atoms with Crippen LogP contribution in [0.2, 0.25) is 0 Å². The second-order valence-corrected chi connectivity index (χ2v) is 6.13. The summed E-state index contributed by atoms with van der Waals surface area (Å²) in [6.45, 7) is 4.03. The van der Waals surface area contributed by atoms with Gasteiger partial charge in [-0.25, -0.2) is 4.84 Å². The number of nitrogens with one attached hydrogen (secondary N) is 1. The third-order valence-electron chi connectivity index (χ3n) is 4.14. The number of hydrogen-bond acceptors (Lipinski definition) is 3. The minimum Gasteiger partial charge on any atom is -0.464 e. The van der Waals surface area contributed by atoms with Crippen LogP contribution in [0.5, 0.6) is 0 Å². The fraction of sp³-hybridized carbons (Fsp3) is 0.917. The fourth-order valence-electron chi connectivity index (χ4n) is 2.95. The Bertz CT molecular complexity index is 283. The molecule has 0 aromatic carbocycles. The first kappa shape index (κ1) is 12.2. The van der Waals surface area contributed by atoms with E-state index in [1.54, 1.807) is 13.8 Å². The van der Waals surface area contributed by atoms with Crippen LogP contribution in [0.4, 0.5) is 0 Å². The van der Waals surface area contributed by atoms with Gasteiger partial charge < -0.3 is 4.74 Å². The Balaban J connectivity index is 1.86. The summed E-state index contributed by atoms with van der Waals surface area (Å²) in [5.74, 6) is 0.630. The summed E-state index contributed by atoms with van der Waals surface area (Å²) >= 11 is 5.51. The van der Waals surface area contributed by atoms with Crippen LogP contribution in [-0.4, -0.2) is 18.1 Å². The standard InChI is InChI=1S/C12H20ClNO2/c1-11(2,14-13)10(15)16-8-12-5-3-9(7-12)4-6-12/h9,14H,3-8H2,1-2H3. The maximum Gasteiger partial charge on any atom is 0.326 e. The van der Waals surface area contributed by atoms with Gasteiger partial charge in [0.1, 0.15) is 5.54 Å². The Kier molecular flexibility index (Phi) is 3.19. The lowest BCUT2D eigenvalue weighted by atomic mass is 9.85. The summed E-state index contributed by atoms with van der Waals surface area (Å²) in [6.07, 6.45) is 6.32. The van der Waals surface area contributed by atoms with E-state index in [9.17, 15) is 4.79 Å². The molecule has 0 spiro atoms. The Morgan fingerprint density at radius 2 is 2.12 bits per heavy atom. The van der Waals surface area contributed by atoms with Crippen LogP contribution >= 0.6 is 11.8 Å². The Labute approximate surface area is 102 Å². The summed E-state index contributed by atoms with van der Waals surface area (Å²) in [5.41, 5.74) is -0.502. The maximum atomic E-state index is 11.8. The average molecular weight is 246 g/mol. The lowest BCUT2D eigenvalue weighted by molar-refractivity contribution is -0.153. The van der Waals surface area contributed by atoms with Gasteiger partial charge in [-0.2, -0.15) is 0 Å². The van der Waals surface area contributed by atoms with E-state index in [0.29, 0.717) is 12.0 Å². The number of hydrogen-bond donors (Lipinski definition) is 1. The highest BCUT2D eigenvalue weighted by Gasteiger charge is 2.46. The van der Waals surface area contributed by atoms with E-state index < -0.39 is 5.54 Å². The number of rotatable bonds is 4. The van der Waals surface area contributed by atoms with Crippen LogP contribution in [0, 0.1) is 11.3 Å². The molecule has 2 rings (SSSR count). The molecule has 0 amide bonds. The van der Waals surface area contributed by atoms with Crippen molar-refractivity contribution < 1.29 is 9.53 Å². The van der Waals surface area contributed by atoms with Crippen molar-refractivity contribution in [2.45, 2.75) is 51.5 Å². The van der Waals surface area contributed by atoms with Crippen LogP contribution in [0.15, 0.2) is 0 Å². The quantitative estimate of drug-likeness (QED) is 0.611. The predicted octanol–water partition coefficient (Wildman–Crippen LogP) is 2.63. The van der Waals surface area contributed by atoms with Crippen molar-refractivity contribution in [1.82, 2.24) is 4.84 Å². The minimum absolute atomic E-state index is 0.257. The van der Waals surface area contributed by atoms with E-state index >= 15 is 0 Å². The van der Waals surface area contributed by atoms with Crippen molar-refractivity contribution in [2.75, 3.05) is 6.61 Å². The minimum atomic E-state index is -0.797. The molecule has 1 N–H and O–H groups in total. The number of ether oxygens (including phenoxy) is 1. The highest BCUT2D eigenvalue weighted by molar-refractivity contribution is 6.15. The molecule has 2 saturated carbocycles. The molecule has 2 aliphatic rings. The molecule has 2 bridgehead atoms. The van der Waals surface area contributed by atoms with Gasteiger partial charge in [-0.1, -0.05) is 0 Å². The van der Waals surface area contributed by atoms with Crippen LogP contribution in [0.1, 0.15) is 46.0 Å². The van der Waals surface area contributed by atoms with Gasteiger partial charge in [0.25, 0.3) is 0 Å². The molecule has 0 unspecified atom stereocenters. The van der Waals surface area contributed by atoms with Gasteiger partial charge in [-0.05, 0) is 63.6 Å². The van der Waals surface area contributed by atoms with Gasteiger partial charge in [0.2, 0.25) is 0 Å². The Morgan fingerprint density at radius 1 is 1.50 bits per heavy atom. The topological polar surface area (TPSA) is 38.3 Å². The van der Waals surface area contributed by atoms with E-state index in [1.807, 2.05) is 0 Å². The van der Waals surface area contributed by atoms with E-state index in [2.05, 4.69) is 4.84 Å². The molecule has 4 heteroatoms. The molecule has 2 aliphatic carbocycles. The van der Waals surface area contributed by atoms with Gasteiger partial charge in [0, 0.05) is 5.41 Å². The van der Waals surface area contributed by atoms with Crippen LogP contribution < -0.4 is 4.84 Å². The highest BCUT2D eigenvalue weighted by atomic mass is 35.5. The molecular formula is C12H20ClNO2. The molecule has 0 atom stereocenters. The molecule has 2 fully saturated rings. The van der Waals surface area contributed by atoms with Gasteiger partial charge in [-0.15, -0.1) is 0 Å². The molecule has 0 radical (unpaired) electrons. The van der Waals surface area contributed by atoms with Gasteiger partial charge in [0.15, 0.2) is 0 Å². The zero-order valence-corrected chi connectivity index (χ0v) is 10.8. The lowest BCUT2D eigenvalue weighted by Gasteiger charge is -2.28. The zero-order valence-electron chi connectivity index (χ0n) is 10.0. The fourth-order valence-corrected chi connectivity index (χ4v) is 3.03. The zero-order chi connectivity index (χ0) is 11.8. The summed E-state index contributed by atoms with van der Waals surface area (Å²) < 4.78 is 5.42. The van der Waals surface area contributed by atoms with Crippen LogP contribution in [-0.2, 0) is 9.53 Å². The number of carbonyl (C=O) groups excluding carboxylic acids is 1. The van der Waals surface area contributed by atoms with Crippen molar-refractivity contribution in [3.8, 4) is 0 Å². The first-order valence-electron chi connectivity index (χ1n) is 6.02. The SMILES string of the molecule is CC(C)(NCl)C(=O)OCC12CCC(CC1)C2. The van der Waals surface area contributed by atoms with Crippen molar-refractivity contribution in [3.63, 3.8) is 0 Å². The largest absolute Gasteiger partial charge is 0.464 e. The summed E-state index contributed by atoms with van der Waals surface area (Å²) in [5, 5.41) is 0. The molecule has 92 valence electrons. The molecule has 0 aliphatic heterocycles. The number of carbonyl (C=O) groups is 1. The number of fused-ring (bicyclic) bond motifs is 2. The third kappa shape index (κ3) is 2.21. The van der Waals surface area contributed by atoms with Crippen LogP contribution in [0.3, 0.4) is 0 Å². The molecule has 16 heavy (non-hydrogen) atoms. The maximum absolute atomic E-state index is 11.8. The van der Waals surface area contributed by atoms with Crippen molar-refractivity contribution in [2.24, 2.45) is 11.3 Å². The predicted molar refractivity (Wildman–Crippen MR) is 63.0 cm³/mol. The Morgan fingerprint density at radius 3 is 2.56 bits per heavy atom. The van der Waals surface area contributed by atoms with Gasteiger partial charge in [-0.3, -0.25) is 4.79 Å². The molecule has 0 aromatic heterocycles.